The van der Waals surface area contributed by atoms with Gasteiger partial charge in [-0.1, -0.05) is 41.9 Å². The zero-order chi connectivity index (χ0) is 19.5. The third kappa shape index (κ3) is 3.52. The molecule has 0 bridgehead atoms. The minimum absolute atomic E-state index is 0.0217. The average Bonchev–Trinajstić information content (AvgIpc) is 3.18. The summed E-state index contributed by atoms with van der Waals surface area (Å²) in [4.78, 5) is 0. The van der Waals surface area contributed by atoms with Crippen LogP contribution in [0.2, 0.25) is 5.02 Å². The van der Waals surface area contributed by atoms with Crippen LogP contribution < -0.4 is 5.32 Å². The van der Waals surface area contributed by atoms with Crippen LogP contribution in [0.4, 0.5) is 5.69 Å². The molecular formula is C22H18ClN3O2. The molecular weight excluding hydrogens is 374 g/mol. The highest BCUT2D eigenvalue weighted by atomic mass is 35.5. The molecule has 0 spiro atoms. The lowest BCUT2D eigenvalue weighted by atomic mass is 10.0. The highest BCUT2D eigenvalue weighted by molar-refractivity contribution is 6.32. The van der Waals surface area contributed by atoms with E-state index >= 15 is 0 Å². The number of anilines is 1. The first-order valence-electron chi connectivity index (χ1n) is 8.76. The minimum Gasteiger partial charge on any atom is -0.507 e. The molecule has 0 radical (unpaired) electrons. The molecule has 3 N–H and O–H groups in total. The molecule has 6 heteroatoms. The van der Waals surface area contributed by atoms with Gasteiger partial charge in [-0.05, 0) is 36.4 Å². The van der Waals surface area contributed by atoms with Crippen LogP contribution in [0.25, 0.3) is 16.9 Å². The van der Waals surface area contributed by atoms with Crippen molar-refractivity contribution in [1.82, 2.24) is 9.78 Å². The number of halogens is 1. The van der Waals surface area contributed by atoms with E-state index in [-0.39, 0.29) is 11.5 Å². The van der Waals surface area contributed by atoms with Crippen molar-refractivity contribution >= 4 is 17.3 Å². The Kier molecular flexibility index (Phi) is 4.91. The highest BCUT2D eigenvalue weighted by Gasteiger charge is 2.16. The van der Waals surface area contributed by atoms with Gasteiger partial charge in [0.25, 0.3) is 0 Å². The summed E-state index contributed by atoms with van der Waals surface area (Å²) in [7, 11) is 0. The molecule has 0 unspecified atom stereocenters. The monoisotopic (exact) mass is 391 g/mol. The SMILES string of the molecule is Oc1cc(O)c(-c2ccnn2-c2ccccc2Cl)cc1CNc1ccccc1. The Morgan fingerprint density at radius 1 is 0.893 bits per heavy atom. The summed E-state index contributed by atoms with van der Waals surface area (Å²) in [5, 5.41) is 28.9. The maximum atomic E-state index is 10.5. The van der Waals surface area contributed by atoms with Crippen molar-refractivity contribution in [2.45, 2.75) is 6.54 Å². The van der Waals surface area contributed by atoms with Gasteiger partial charge in [-0.25, -0.2) is 4.68 Å². The number of hydrogen-bond acceptors (Lipinski definition) is 4. The predicted molar refractivity (Wildman–Crippen MR) is 111 cm³/mol. The van der Waals surface area contributed by atoms with Crippen molar-refractivity contribution in [2.24, 2.45) is 0 Å². The molecule has 0 fully saturated rings. The van der Waals surface area contributed by atoms with Gasteiger partial charge in [-0.15, -0.1) is 0 Å². The van der Waals surface area contributed by atoms with Crippen LogP contribution in [0.1, 0.15) is 5.56 Å². The maximum absolute atomic E-state index is 10.5. The first-order valence-corrected chi connectivity index (χ1v) is 9.14. The molecule has 4 aromatic rings. The van der Waals surface area contributed by atoms with Gasteiger partial charge in [0.15, 0.2) is 0 Å². The second-order valence-electron chi connectivity index (χ2n) is 6.30. The van der Waals surface area contributed by atoms with Crippen molar-refractivity contribution in [3.63, 3.8) is 0 Å². The van der Waals surface area contributed by atoms with Gasteiger partial charge in [-0.2, -0.15) is 5.10 Å². The Hall–Kier alpha value is -3.44. The second kappa shape index (κ2) is 7.66. The van der Waals surface area contributed by atoms with Crippen LogP contribution in [0.5, 0.6) is 11.5 Å². The smallest absolute Gasteiger partial charge is 0.128 e. The zero-order valence-electron chi connectivity index (χ0n) is 14.9. The van der Waals surface area contributed by atoms with Crippen molar-refractivity contribution in [2.75, 3.05) is 5.32 Å². The Morgan fingerprint density at radius 2 is 1.64 bits per heavy atom. The van der Waals surface area contributed by atoms with Crippen LogP contribution in [0.15, 0.2) is 79.0 Å². The lowest BCUT2D eigenvalue weighted by Gasteiger charge is -2.14. The summed E-state index contributed by atoms with van der Waals surface area (Å²) < 4.78 is 1.67. The number of para-hydroxylation sites is 2. The summed E-state index contributed by atoms with van der Waals surface area (Å²) in [5.41, 5.74) is 3.54. The van der Waals surface area contributed by atoms with Crippen LogP contribution in [0, 0.1) is 0 Å². The van der Waals surface area contributed by atoms with Crippen molar-refractivity contribution in [1.29, 1.82) is 0 Å². The lowest BCUT2D eigenvalue weighted by Crippen LogP contribution is -2.02. The van der Waals surface area contributed by atoms with E-state index in [0.29, 0.717) is 34.1 Å². The van der Waals surface area contributed by atoms with E-state index in [1.54, 1.807) is 29.1 Å². The van der Waals surface area contributed by atoms with E-state index < -0.39 is 0 Å². The summed E-state index contributed by atoms with van der Waals surface area (Å²) >= 11 is 6.32. The van der Waals surface area contributed by atoms with Crippen LogP contribution in [-0.2, 0) is 6.54 Å². The lowest BCUT2D eigenvalue weighted by molar-refractivity contribution is 0.447. The minimum atomic E-state index is -0.0326. The van der Waals surface area contributed by atoms with E-state index in [0.717, 1.165) is 5.69 Å². The fourth-order valence-corrected chi connectivity index (χ4v) is 3.26. The first kappa shape index (κ1) is 17.9. The molecule has 0 amide bonds. The van der Waals surface area contributed by atoms with E-state index in [4.69, 9.17) is 11.6 Å². The molecule has 4 rings (SSSR count). The van der Waals surface area contributed by atoms with Gasteiger partial charge in [0.1, 0.15) is 11.5 Å². The molecule has 0 aliphatic carbocycles. The summed E-state index contributed by atoms with van der Waals surface area (Å²) in [5.74, 6) is -0.0109. The van der Waals surface area contributed by atoms with Gasteiger partial charge >= 0.3 is 0 Å². The van der Waals surface area contributed by atoms with Crippen molar-refractivity contribution in [3.8, 4) is 28.4 Å². The molecule has 1 aromatic heterocycles. The third-order valence-corrected chi connectivity index (χ3v) is 4.77. The summed E-state index contributed by atoms with van der Waals surface area (Å²) in [6.07, 6.45) is 1.65. The molecule has 0 aliphatic rings. The topological polar surface area (TPSA) is 70.3 Å². The second-order valence-corrected chi connectivity index (χ2v) is 6.70. The molecule has 0 saturated heterocycles. The predicted octanol–water partition coefficient (Wildman–Crippen LogP) is 5.22. The van der Waals surface area contributed by atoms with E-state index in [9.17, 15) is 10.2 Å². The Morgan fingerprint density at radius 3 is 2.43 bits per heavy atom. The Bertz CT molecular complexity index is 1110. The normalized spacial score (nSPS) is 10.8. The Labute approximate surface area is 167 Å². The number of phenolic OH excluding ortho intramolecular Hbond substituents is 2. The fraction of sp³-hybridized carbons (Fsp3) is 0.0455. The Balaban J connectivity index is 1.71. The quantitative estimate of drug-likeness (QED) is 0.436. The zero-order valence-corrected chi connectivity index (χ0v) is 15.6. The number of rotatable bonds is 5. The number of aromatic hydroxyl groups is 2. The molecule has 0 saturated carbocycles. The molecule has 140 valence electrons. The van der Waals surface area contributed by atoms with Gasteiger partial charge < -0.3 is 15.5 Å². The first-order chi connectivity index (χ1) is 13.6. The van der Waals surface area contributed by atoms with Crippen molar-refractivity contribution in [3.05, 3.63) is 89.6 Å². The molecule has 28 heavy (non-hydrogen) atoms. The van der Waals surface area contributed by atoms with Crippen LogP contribution in [0.3, 0.4) is 0 Å². The molecule has 3 aromatic carbocycles. The largest absolute Gasteiger partial charge is 0.507 e. The average molecular weight is 392 g/mol. The summed E-state index contributed by atoms with van der Waals surface area (Å²) in [6.45, 7) is 0.406. The van der Waals surface area contributed by atoms with E-state index in [1.807, 2.05) is 48.5 Å². The number of benzene rings is 3. The van der Waals surface area contributed by atoms with Crippen LogP contribution in [-0.4, -0.2) is 20.0 Å². The molecule has 0 atom stereocenters. The van der Waals surface area contributed by atoms with Crippen LogP contribution >= 0.6 is 11.6 Å². The molecule has 1 heterocycles. The third-order valence-electron chi connectivity index (χ3n) is 4.45. The van der Waals surface area contributed by atoms with Gasteiger partial charge in [0, 0.05) is 29.4 Å². The van der Waals surface area contributed by atoms with Crippen molar-refractivity contribution < 1.29 is 10.2 Å². The number of nitrogens with one attached hydrogen (secondary N) is 1. The van der Waals surface area contributed by atoms with Gasteiger partial charge in [0.2, 0.25) is 0 Å². The number of hydrogen-bond donors (Lipinski definition) is 3. The maximum Gasteiger partial charge on any atom is 0.128 e. The molecule has 0 aliphatic heterocycles. The van der Waals surface area contributed by atoms with Gasteiger partial charge in [-0.3, -0.25) is 0 Å². The number of phenols is 2. The highest BCUT2D eigenvalue weighted by Crippen LogP contribution is 2.36. The van der Waals surface area contributed by atoms with Gasteiger partial charge in [0.05, 0.1) is 22.6 Å². The summed E-state index contributed by atoms with van der Waals surface area (Å²) in [6, 6.07) is 22.0. The number of aromatic nitrogens is 2. The standard InChI is InChI=1S/C22H18ClN3O2/c23-18-8-4-5-9-20(18)26-19(10-11-25-26)17-12-15(21(27)13-22(17)28)14-24-16-6-2-1-3-7-16/h1-13,24,27-28H,14H2. The van der Waals surface area contributed by atoms with E-state index in [2.05, 4.69) is 10.4 Å². The van der Waals surface area contributed by atoms with E-state index in [1.165, 1.54) is 6.07 Å². The fourth-order valence-electron chi connectivity index (χ4n) is 3.04. The number of nitrogens with zero attached hydrogens (tertiary/aromatic N) is 2. The molecule has 5 nitrogen and oxygen atoms in total.